The van der Waals surface area contributed by atoms with Crippen molar-refractivity contribution in [1.29, 1.82) is 0 Å². The number of amides is 1. The highest BCUT2D eigenvalue weighted by molar-refractivity contribution is 5.95. The van der Waals surface area contributed by atoms with Gasteiger partial charge in [0.1, 0.15) is 0 Å². The number of likely N-dealkylation sites (tertiary alicyclic amines) is 1. The van der Waals surface area contributed by atoms with E-state index in [1.165, 1.54) is 23.1 Å². The Morgan fingerprint density at radius 2 is 1.68 bits per heavy atom. The highest BCUT2D eigenvalue weighted by Gasteiger charge is 2.29. The average Bonchev–Trinajstić information content (AvgIpc) is 3.08. The van der Waals surface area contributed by atoms with Crippen molar-refractivity contribution < 1.29 is 4.79 Å². The van der Waals surface area contributed by atoms with Gasteiger partial charge in [-0.2, -0.15) is 0 Å². The van der Waals surface area contributed by atoms with Gasteiger partial charge in [0.05, 0.1) is 6.54 Å². The monoisotopic (exact) mass is 377 g/mol. The lowest BCUT2D eigenvalue weighted by molar-refractivity contribution is -0.121. The average molecular weight is 378 g/mol. The van der Waals surface area contributed by atoms with Gasteiger partial charge in [-0.05, 0) is 61.6 Å². The van der Waals surface area contributed by atoms with E-state index in [9.17, 15) is 4.79 Å². The van der Waals surface area contributed by atoms with Gasteiger partial charge in [-0.3, -0.25) is 14.6 Å². The van der Waals surface area contributed by atoms with Crippen LogP contribution in [0.2, 0.25) is 0 Å². The minimum Gasteiger partial charge on any atom is -0.310 e. The molecule has 0 N–H and O–H groups in total. The number of aryl methyl sites for hydroxylation is 2. The van der Waals surface area contributed by atoms with Gasteiger partial charge in [-0.1, -0.05) is 36.4 Å². The fraction of sp³-hybridized carbons (Fsp3) is 0.458. The van der Waals surface area contributed by atoms with E-state index >= 15 is 0 Å². The van der Waals surface area contributed by atoms with Crippen LogP contribution in [0.15, 0.2) is 48.5 Å². The Morgan fingerprint density at radius 1 is 0.929 bits per heavy atom. The summed E-state index contributed by atoms with van der Waals surface area (Å²) in [5.41, 5.74) is 4.88. The summed E-state index contributed by atoms with van der Waals surface area (Å²) in [4.78, 5) is 19.7. The molecular formula is C24H31N3O. The van der Waals surface area contributed by atoms with E-state index in [4.69, 9.17) is 0 Å². The van der Waals surface area contributed by atoms with Crippen LogP contribution in [0, 0.1) is 19.8 Å². The van der Waals surface area contributed by atoms with Gasteiger partial charge < -0.3 is 4.90 Å². The number of carbonyl (C=O) groups is 1. The van der Waals surface area contributed by atoms with Gasteiger partial charge >= 0.3 is 0 Å². The molecule has 4 nitrogen and oxygen atoms in total. The van der Waals surface area contributed by atoms with E-state index in [-0.39, 0.29) is 5.91 Å². The van der Waals surface area contributed by atoms with E-state index in [0.717, 1.165) is 45.0 Å². The lowest BCUT2D eigenvalue weighted by Crippen LogP contribution is -2.51. The summed E-state index contributed by atoms with van der Waals surface area (Å²) < 4.78 is 0. The summed E-state index contributed by atoms with van der Waals surface area (Å²) in [5, 5.41) is 0. The van der Waals surface area contributed by atoms with Crippen LogP contribution in [0.3, 0.4) is 0 Å². The van der Waals surface area contributed by atoms with Crippen LogP contribution in [0.1, 0.15) is 23.1 Å². The largest absolute Gasteiger partial charge is 0.310 e. The summed E-state index contributed by atoms with van der Waals surface area (Å²) >= 11 is 0. The van der Waals surface area contributed by atoms with Crippen LogP contribution < -0.4 is 4.90 Å². The molecule has 0 aromatic heterocycles. The van der Waals surface area contributed by atoms with E-state index < -0.39 is 0 Å². The third-order valence-corrected chi connectivity index (χ3v) is 5.95. The Morgan fingerprint density at radius 3 is 2.39 bits per heavy atom. The van der Waals surface area contributed by atoms with Gasteiger partial charge in [0.25, 0.3) is 0 Å². The quantitative estimate of drug-likeness (QED) is 0.798. The number of nitrogens with zero attached hydrogens (tertiary/aromatic N) is 3. The van der Waals surface area contributed by atoms with Crippen LogP contribution in [-0.2, 0) is 11.3 Å². The molecule has 1 atom stereocenters. The highest BCUT2D eigenvalue weighted by atomic mass is 16.2. The fourth-order valence-corrected chi connectivity index (χ4v) is 4.67. The van der Waals surface area contributed by atoms with Gasteiger partial charge in [0, 0.05) is 38.4 Å². The summed E-state index contributed by atoms with van der Waals surface area (Å²) in [6.45, 7) is 10.9. The van der Waals surface area contributed by atoms with Crippen molar-refractivity contribution in [2.45, 2.75) is 26.8 Å². The summed E-state index contributed by atoms with van der Waals surface area (Å²) in [6.07, 6.45) is 1.23. The first-order chi connectivity index (χ1) is 13.6. The number of benzene rings is 2. The fourth-order valence-electron chi connectivity index (χ4n) is 4.67. The van der Waals surface area contributed by atoms with E-state index in [1.807, 2.05) is 4.90 Å². The predicted molar refractivity (Wildman–Crippen MR) is 115 cm³/mol. The Balaban J connectivity index is 1.29. The number of rotatable bonds is 5. The number of hydrogen-bond donors (Lipinski definition) is 0. The molecule has 28 heavy (non-hydrogen) atoms. The zero-order valence-electron chi connectivity index (χ0n) is 17.1. The van der Waals surface area contributed by atoms with Crippen LogP contribution in [-0.4, -0.2) is 55.0 Å². The molecule has 2 fully saturated rings. The van der Waals surface area contributed by atoms with Gasteiger partial charge in [0.2, 0.25) is 5.91 Å². The molecule has 4 rings (SSSR count). The molecule has 2 saturated heterocycles. The third-order valence-electron chi connectivity index (χ3n) is 5.95. The highest BCUT2D eigenvalue weighted by Crippen LogP contribution is 2.23. The molecule has 0 saturated carbocycles. The molecule has 2 heterocycles. The van der Waals surface area contributed by atoms with Gasteiger partial charge in [-0.25, -0.2) is 0 Å². The molecule has 2 aromatic rings. The normalized spacial score (nSPS) is 21.4. The molecule has 2 aliphatic heterocycles. The van der Waals surface area contributed by atoms with Crippen LogP contribution in [0.25, 0.3) is 0 Å². The van der Waals surface area contributed by atoms with Crippen molar-refractivity contribution in [3.63, 3.8) is 0 Å². The zero-order chi connectivity index (χ0) is 19.5. The number of piperazine rings is 1. The summed E-state index contributed by atoms with van der Waals surface area (Å²) in [6, 6.07) is 17.1. The van der Waals surface area contributed by atoms with Crippen LogP contribution in [0.4, 0.5) is 5.69 Å². The maximum Gasteiger partial charge on any atom is 0.241 e. The minimum atomic E-state index is 0.232. The van der Waals surface area contributed by atoms with Gasteiger partial charge in [-0.15, -0.1) is 0 Å². The second-order valence-corrected chi connectivity index (χ2v) is 8.50. The first-order valence-corrected chi connectivity index (χ1v) is 10.4. The standard InChI is InChI=1S/C24H31N3O/c1-19-12-20(2)14-23(13-19)27-11-10-26(18-24(27)28)17-22-8-9-25(16-22)15-21-6-4-3-5-7-21/h3-7,12-14,22H,8-11,15-18H2,1-2H3. The molecule has 2 aliphatic rings. The molecule has 0 bridgehead atoms. The molecule has 1 unspecified atom stereocenters. The molecule has 2 aromatic carbocycles. The first kappa shape index (κ1) is 19.2. The number of carbonyl (C=O) groups excluding carboxylic acids is 1. The van der Waals surface area contributed by atoms with Crippen molar-refractivity contribution in [2.24, 2.45) is 5.92 Å². The lowest BCUT2D eigenvalue weighted by Gasteiger charge is -2.35. The molecular weight excluding hydrogens is 346 g/mol. The molecule has 0 radical (unpaired) electrons. The Hall–Kier alpha value is -2.17. The Labute approximate surface area is 168 Å². The van der Waals surface area contributed by atoms with Crippen molar-refractivity contribution >= 4 is 11.6 Å². The molecule has 4 heteroatoms. The van der Waals surface area contributed by atoms with Crippen LogP contribution in [0.5, 0.6) is 0 Å². The Bertz CT molecular complexity index is 800. The molecule has 148 valence electrons. The first-order valence-electron chi connectivity index (χ1n) is 10.4. The Kier molecular flexibility index (Phi) is 5.79. The molecule has 1 amide bonds. The van der Waals surface area contributed by atoms with E-state index in [2.05, 4.69) is 72.2 Å². The predicted octanol–water partition coefficient (Wildman–Crippen LogP) is 3.47. The smallest absolute Gasteiger partial charge is 0.241 e. The second kappa shape index (κ2) is 8.46. The van der Waals surface area contributed by atoms with Crippen molar-refractivity contribution in [3.05, 3.63) is 65.2 Å². The SMILES string of the molecule is Cc1cc(C)cc(N2CCN(CC3CCN(Cc4ccccc4)C3)CC2=O)c1. The summed E-state index contributed by atoms with van der Waals surface area (Å²) in [5.74, 6) is 0.902. The topological polar surface area (TPSA) is 26.8 Å². The van der Waals surface area contributed by atoms with Crippen molar-refractivity contribution in [3.8, 4) is 0 Å². The molecule has 0 aliphatic carbocycles. The third kappa shape index (κ3) is 4.62. The summed E-state index contributed by atoms with van der Waals surface area (Å²) in [7, 11) is 0. The molecule has 0 spiro atoms. The maximum absolute atomic E-state index is 12.8. The van der Waals surface area contributed by atoms with Gasteiger partial charge in [0.15, 0.2) is 0 Å². The second-order valence-electron chi connectivity index (χ2n) is 8.50. The van der Waals surface area contributed by atoms with E-state index in [1.54, 1.807) is 0 Å². The van der Waals surface area contributed by atoms with E-state index in [0.29, 0.717) is 12.5 Å². The number of hydrogen-bond acceptors (Lipinski definition) is 3. The van der Waals surface area contributed by atoms with Crippen molar-refractivity contribution in [2.75, 3.05) is 44.2 Å². The van der Waals surface area contributed by atoms with Crippen molar-refractivity contribution in [1.82, 2.24) is 9.80 Å². The lowest BCUT2D eigenvalue weighted by atomic mass is 10.1. The number of anilines is 1. The zero-order valence-corrected chi connectivity index (χ0v) is 17.1. The maximum atomic E-state index is 12.8. The van der Waals surface area contributed by atoms with Crippen LogP contribution >= 0.6 is 0 Å². The minimum absolute atomic E-state index is 0.232.